The normalized spacial score (nSPS) is 13.9. The Hall–Kier alpha value is -2.81. The van der Waals surface area contributed by atoms with Crippen LogP contribution in [0.3, 0.4) is 0 Å². The van der Waals surface area contributed by atoms with E-state index in [0.29, 0.717) is 38.4 Å². The number of aromatic nitrogens is 2. The fraction of sp³-hybridized carbons (Fsp3) is 0.304. The molecule has 3 heterocycles. The molecule has 0 saturated carbocycles. The van der Waals surface area contributed by atoms with Crippen molar-refractivity contribution in [1.29, 1.82) is 5.41 Å². The summed E-state index contributed by atoms with van der Waals surface area (Å²) in [5, 5.41) is 12.7. The van der Waals surface area contributed by atoms with Crippen LogP contribution >= 0.6 is 22.9 Å². The third-order valence-corrected chi connectivity index (χ3v) is 7.14. The number of carbonyl (C=O) groups excluding carboxylic acids is 1. The van der Waals surface area contributed by atoms with Crippen LogP contribution in [0.1, 0.15) is 39.5 Å². The van der Waals surface area contributed by atoms with Crippen LogP contribution in [-0.2, 0) is 0 Å². The van der Waals surface area contributed by atoms with Gasteiger partial charge < -0.3 is 16.0 Å². The predicted octanol–water partition coefficient (Wildman–Crippen LogP) is 3.99. The van der Waals surface area contributed by atoms with Gasteiger partial charge in [0.15, 0.2) is 0 Å². The van der Waals surface area contributed by atoms with Gasteiger partial charge in [0.25, 0.3) is 5.91 Å². The number of amides is 1. The number of benzene rings is 1. The standard InChI is InChI=1S/C23H25ClN6OS/c1-14-17(24)7-6-16(18(14)25)19(26)23-29-20(21(32-23)15-5-4-8-27-13-15)22(31)28-9-12-30-10-2-3-11-30/h4-8,13,26H,2-3,9-12,25H2,1H3,(H,28,31). The van der Waals surface area contributed by atoms with E-state index in [9.17, 15) is 4.79 Å². The van der Waals surface area contributed by atoms with Gasteiger partial charge in [-0.2, -0.15) is 0 Å². The Bertz CT molecular complexity index is 1140. The Labute approximate surface area is 196 Å². The largest absolute Gasteiger partial charge is 0.398 e. The van der Waals surface area contributed by atoms with Crippen molar-refractivity contribution in [3.05, 3.63) is 63.5 Å². The summed E-state index contributed by atoms with van der Waals surface area (Å²) in [5.41, 5.74) is 9.17. The number of hydrogen-bond acceptors (Lipinski definition) is 7. The highest BCUT2D eigenvalue weighted by atomic mass is 35.5. The molecule has 1 aromatic carbocycles. The molecule has 1 amide bonds. The molecule has 166 valence electrons. The lowest BCUT2D eigenvalue weighted by Gasteiger charge is -2.14. The van der Waals surface area contributed by atoms with E-state index < -0.39 is 0 Å². The molecule has 4 rings (SSSR count). The maximum absolute atomic E-state index is 13.0. The van der Waals surface area contributed by atoms with Gasteiger partial charge in [0.05, 0.1) is 10.6 Å². The van der Waals surface area contributed by atoms with Crippen molar-refractivity contribution in [1.82, 2.24) is 20.2 Å². The Morgan fingerprint density at radius 2 is 2.09 bits per heavy atom. The van der Waals surface area contributed by atoms with E-state index in [1.54, 1.807) is 24.5 Å². The molecule has 1 aliphatic rings. The number of thiazole rings is 1. The first-order valence-electron chi connectivity index (χ1n) is 10.5. The van der Waals surface area contributed by atoms with Gasteiger partial charge in [0, 0.05) is 47.3 Å². The molecular weight excluding hydrogens is 444 g/mol. The highest BCUT2D eigenvalue weighted by molar-refractivity contribution is 7.17. The lowest BCUT2D eigenvalue weighted by molar-refractivity contribution is 0.0946. The number of nitrogens with one attached hydrogen (secondary N) is 2. The Balaban J connectivity index is 1.63. The van der Waals surface area contributed by atoms with Crippen molar-refractivity contribution >= 4 is 40.2 Å². The molecule has 0 atom stereocenters. The van der Waals surface area contributed by atoms with E-state index >= 15 is 0 Å². The van der Waals surface area contributed by atoms with Gasteiger partial charge in [-0.05, 0) is 56.6 Å². The Morgan fingerprint density at radius 3 is 2.81 bits per heavy atom. The molecule has 7 nitrogen and oxygen atoms in total. The zero-order valence-electron chi connectivity index (χ0n) is 17.8. The number of pyridine rings is 1. The summed E-state index contributed by atoms with van der Waals surface area (Å²) in [5.74, 6) is -0.251. The zero-order valence-corrected chi connectivity index (χ0v) is 19.4. The van der Waals surface area contributed by atoms with Crippen molar-refractivity contribution in [2.45, 2.75) is 19.8 Å². The maximum Gasteiger partial charge on any atom is 0.271 e. The third-order valence-electron chi connectivity index (χ3n) is 5.61. The predicted molar refractivity (Wildman–Crippen MR) is 130 cm³/mol. The smallest absolute Gasteiger partial charge is 0.271 e. The van der Waals surface area contributed by atoms with E-state index in [0.717, 1.165) is 30.8 Å². The minimum absolute atomic E-state index is 0.161. The average Bonchev–Trinajstić information content (AvgIpc) is 3.48. The molecule has 2 aromatic heterocycles. The minimum atomic E-state index is -0.251. The van der Waals surface area contributed by atoms with Crippen LogP contribution in [0.4, 0.5) is 5.69 Å². The number of rotatable bonds is 7. The SMILES string of the molecule is Cc1c(Cl)ccc(C(=N)c2nc(C(=O)NCCN3CCCC3)c(-c3cccnc3)s2)c1N. The molecular formula is C23H25ClN6OS. The topological polar surface area (TPSA) is 108 Å². The van der Waals surface area contributed by atoms with Gasteiger partial charge in [0.1, 0.15) is 10.7 Å². The summed E-state index contributed by atoms with van der Waals surface area (Å²) in [6.07, 6.45) is 5.80. The van der Waals surface area contributed by atoms with E-state index in [4.69, 9.17) is 22.7 Å². The Kier molecular flexibility index (Phi) is 6.83. The number of halogens is 1. The number of carbonyl (C=O) groups is 1. The molecule has 0 spiro atoms. The van der Waals surface area contributed by atoms with E-state index in [1.807, 2.05) is 19.1 Å². The second-order valence-electron chi connectivity index (χ2n) is 7.75. The summed E-state index contributed by atoms with van der Waals surface area (Å²) in [6.45, 7) is 5.35. The van der Waals surface area contributed by atoms with Crippen molar-refractivity contribution in [3.8, 4) is 10.4 Å². The van der Waals surface area contributed by atoms with Crippen LogP contribution in [0.25, 0.3) is 10.4 Å². The highest BCUT2D eigenvalue weighted by Crippen LogP contribution is 2.33. The van der Waals surface area contributed by atoms with Gasteiger partial charge >= 0.3 is 0 Å². The first-order chi connectivity index (χ1) is 15.5. The zero-order chi connectivity index (χ0) is 22.7. The maximum atomic E-state index is 13.0. The molecule has 3 aromatic rings. The number of nitrogens with zero attached hydrogens (tertiary/aromatic N) is 3. The fourth-order valence-electron chi connectivity index (χ4n) is 3.73. The summed E-state index contributed by atoms with van der Waals surface area (Å²) >= 11 is 7.44. The highest BCUT2D eigenvalue weighted by Gasteiger charge is 2.23. The molecule has 0 aliphatic carbocycles. The summed E-state index contributed by atoms with van der Waals surface area (Å²) in [7, 11) is 0. The second-order valence-corrected chi connectivity index (χ2v) is 9.16. The second kappa shape index (κ2) is 9.77. The van der Waals surface area contributed by atoms with E-state index in [1.165, 1.54) is 24.2 Å². The van der Waals surface area contributed by atoms with Gasteiger partial charge in [0.2, 0.25) is 0 Å². The number of hydrogen-bond donors (Lipinski definition) is 3. The molecule has 1 saturated heterocycles. The summed E-state index contributed by atoms with van der Waals surface area (Å²) < 4.78 is 0. The van der Waals surface area contributed by atoms with Crippen LogP contribution < -0.4 is 11.1 Å². The van der Waals surface area contributed by atoms with E-state index in [2.05, 4.69) is 20.2 Å². The molecule has 1 fully saturated rings. The number of nitrogen functional groups attached to an aromatic ring is 1. The van der Waals surface area contributed by atoms with Gasteiger partial charge in [-0.15, -0.1) is 11.3 Å². The minimum Gasteiger partial charge on any atom is -0.398 e. The van der Waals surface area contributed by atoms with Gasteiger partial charge in [-0.25, -0.2) is 4.98 Å². The van der Waals surface area contributed by atoms with Crippen LogP contribution in [0.15, 0.2) is 36.7 Å². The lowest BCUT2D eigenvalue weighted by Crippen LogP contribution is -2.33. The monoisotopic (exact) mass is 468 g/mol. The molecule has 1 aliphatic heterocycles. The molecule has 32 heavy (non-hydrogen) atoms. The molecule has 4 N–H and O–H groups in total. The fourth-order valence-corrected chi connectivity index (χ4v) is 4.91. The molecule has 0 unspecified atom stereocenters. The third kappa shape index (κ3) is 4.67. The van der Waals surface area contributed by atoms with Crippen molar-refractivity contribution in [2.75, 3.05) is 31.9 Å². The summed E-state index contributed by atoms with van der Waals surface area (Å²) in [4.78, 5) is 24.8. The van der Waals surface area contributed by atoms with Crippen LogP contribution in [0.5, 0.6) is 0 Å². The van der Waals surface area contributed by atoms with Crippen LogP contribution in [-0.4, -0.2) is 52.7 Å². The number of likely N-dealkylation sites (tertiary alicyclic amines) is 1. The van der Waals surface area contributed by atoms with Crippen LogP contribution in [0.2, 0.25) is 5.02 Å². The average molecular weight is 469 g/mol. The first-order valence-corrected chi connectivity index (χ1v) is 11.7. The number of nitrogens with two attached hydrogens (primary N) is 1. The number of anilines is 1. The van der Waals surface area contributed by atoms with Gasteiger partial charge in [-0.3, -0.25) is 15.2 Å². The molecule has 9 heteroatoms. The molecule has 0 radical (unpaired) electrons. The molecule has 0 bridgehead atoms. The van der Waals surface area contributed by atoms with E-state index in [-0.39, 0.29) is 11.6 Å². The summed E-state index contributed by atoms with van der Waals surface area (Å²) in [6, 6.07) is 7.14. The lowest BCUT2D eigenvalue weighted by atomic mass is 10.0. The van der Waals surface area contributed by atoms with Crippen molar-refractivity contribution in [2.24, 2.45) is 0 Å². The van der Waals surface area contributed by atoms with Crippen LogP contribution in [0, 0.1) is 12.3 Å². The Morgan fingerprint density at radius 1 is 1.31 bits per heavy atom. The van der Waals surface area contributed by atoms with Crippen molar-refractivity contribution < 1.29 is 4.79 Å². The van der Waals surface area contributed by atoms with Crippen molar-refractivity contribution in [3.63, 3.8) is 0 Å². The quantitative estimate of drug-likeness (QED) is 0.359. The van der Waals surface area contributed by atoms with Gasteiger partial charge in [-0.1, -0.05) is 17.7 Å². The first kappa shape index (κ1) is 22.4.